The molecule has 0 atom stereocenters. The lowest BCUT2D eigenvalue weighted by Crippen LogP contribution is -2.24. The van der Waals surface area contributed by atoms with Crippen molar-refractivity contribution in [2.24, 2.45) is 10.8 Å². The summed E-state index contributed by atoms with van der Waals surface area (Å²) in [5.41, 5.74) is 11.2. The zero-order chi connectivity index (χ0) is 16.7. The number of hydrazone groups is 1. The molecule has 0 unspecified atom stereocenters. The van der Waals surface area contributed by atoms with Gasteiger partial charge in [0.15, 0.2) is 5.11 Å². The third-order valence-corrected chi connectivity index (χ3v) is 3.14. The van der Waals surface area contributed by atoms with E-state index in [1.54, 1.807) is 25.3 Å². The lowest BCUT2D eigenvalue weighted by Gasteiger charge is -2.07. The Balaban J connectivity index is 2.26. The van der Waals surface area contributed by atoms with Crippen LogP contribution in [0.15, 0.2) is 53.6 Å². The molecule has 5 nitrogen and oxygen atoms in total. The second kappa shape index (κ2) is 8.05. The normalized spacial score (nSPS) is 10.5. The van der Waals surface area contributed by atoms with Crippen molar-refractivity contribution in [2.75, 3.05) is 6.61 Å². The largest absolute Gasteiger partial charge is 0.462 e. The van der Waals surface area contributed by atoms with E-state index in [-0.39, 0.29) is 11.1 Å². The fourth-order valence-electron chi connectivity index (χ4n) is 2.04. The molecule has 6 heteroatoms. The van der Waals surface area contributed by atoms with E-state index in [1.165, 1.54) is 0 Å². The molecule has 23 heavy (non-hydrogen) atoms. The maximum absolute atomic E-state index is 11.7. The van der Waals surface area contributed by atoms with Gasteiger partial charge in [0.05, 0.1) is 18.4 Å². The predicted octanol–water partition coefficient (Wildman–Crippen LogP) is 2.70. The van der Waals surface area contributed by atoms with Crippen molar-refractivity contribution in [1.29, 1.82) is 0 Å². The van der Waals surface area contributed by atoms with Crippen LogP contribution in [0.1, 0.15) is 22.8 Å². The third kappa shape index (κ3) is 4.62. The highest BCUT2D eigenvalue weighted by Crippen LogP contribution is 2.23. The third-order valence-electron chi connectivity index (χ3n) is 3.05. The fourth-order valence-corrected chi connectivity index (χ4v) is 2.09. The molecule has 2 rings (SSSR count). The highest BCUT2D eigenvalue weighted by atomic mass is 32.1. The number of nitrogens with two attached hydrogens (primary N) is 1. The van der Waals surface area contributed by atoms with Crippen molar-refractivity contribution in [3.05, 3.63) is 59.7 Å². The Morgan fingerprint density at radius 3 is 2.61 bits per heavy atom. The molecule has 0 radical (unpaired) electrons. The molecule has 0 heterocycles. The van der Waals surface area contributed by atoms with Crippen LogP contribution < -0.4 is 11.2 Å². The molecule has 0 aliphatic heterocycles. The van der Waals surface area contributed by atoms with Gasteiger partial charge in [-0.15, -0.1) is 0 Å². The summed E-state index contributed by atoms with van der Waals surface area (Å²) in [5, 5.41) is 4.09. The second-order valence-electron chi connectivity index (χ2n) is 4.62. The molecule has 0 saturated heterocycles. The van der Waals surface area contributed by atoms with Gasteiger partial charge in [-0.2, -0.15) is 5.10 Å². The molecule has 0 saturated carbocycles. The Labute approximate surface area is 140 Å². The number of esters is 1. The van der Waals surface area contributed by atoms with E-state index >= 15 is 0 Å². The first-order valence-electron chi connectivity index (χ1n) is 7.07. The number of hydrogen-bond acceptors (Lipinski definition) is 4. The Hall–Kier alpha value is -2.73. The molecule has 118 valence electrons. The monoisotopic (exact) mass is 327 g/mol. The highest BCUT2D eigenvalue weighted by molar-refractivity contribution is 7.80. The number of rotatable bonds is 5. The molecule has 0 amide bonds. The van der Waals surface area contributed by atoms with Gasteiger partial charge in [-0.05, 0) is 42.4 Å². The van der Waals surface area contributed by atoms with E-state index in [0.29, 0.717) is 12.2 Å². The van der Waals surface area contributed by atoms with Crippen molar-refractivity contribution in [1.82, 2.24) is 5.43 Å². The number of nitrogens with one attached hydrogen (secondary N) is 1. The first-order valence-corrected chi connectivity index (χ1v) is 7.47. The van der Waals surface area contributed by atoms with Crippen LogP contribution in [0, 0.1) is 0 Å². The molecule has 0 spiro atoms. The molecular formula is C17H17N3O2S. The van der Waals surface area contributed by atoms with Crippen molar-refractivity contribution < 1.29 is 9.53 Å². The maximum atomic E-state index is 11.7. The molecule has 3 N–H and O–H groups in total. The van der Waals surface area contributed by atoms with Crippen molar-refractivity contribution in [3.63, 3.8) is 0 Å². The van der Waals surface area contributed by atoms with E-state index in [2.05, 4.69) is 10.5 Å². The van der Waals surface area contributed by atoms with Gasteiger partial charge >= 0.3 is 5.97 Å². The highest BCUT2D eigenvalue weighted by Gasteiger charge is 2.07. The standard InChI is InChI=1S/C17H17N3O2S/c1-2-22-16(21)13-9-7-12(8-10-13)15-6-4-3-5-14(15)11-19-20-17(18)23/h3-11H,2H2,1H3,(H3,18,20,23). The number of thiocarbonyl (C=S) groups is 1. The summed E-state index contributed by atoms with van der Waals surface area (Å²) >= 11 is 4.71. The van der Waals surface area contributed by atoms with E-state index in [1.807, 2.05) is 36.4 Å². The number of carbonyl (C=O) groups is 1. The van der Waals surface area contributed by atoms with Crippen LogP contribution >= 0.6 is 12.2 Å². The van der Waals surface area contributed by atoms with Gasteiger partial charge in [0.2, 0.25) is 0 Å². The predicted molar refractivity (Wildman–Crippen MR) is 95.3 cm³/mol. The summed E-state index contributed by atoms with van der Waals surface area (Å²) in [4.78, 5) is 11.7. The number of hydrogen-bond donors (Lipinski definition) is 2. The quantitative estimate of drug-likeness (QED) is 0.382. The summed E-state index contributed by atoms with van der Waals surface area (Å²) in [6, 6.07) is 15.0. The summed E-state index contributed by atoms with van der Waals surface area (Å²) < 4.78 is 4.98. The van der Waals surface area contributed by atoms with E-state index < -0.39 is 0 Å². The molecule has 2 aromatic carbocycles. The SMILES string of the molecule is CCOC(=O)c1ccc(-c2ccccc2C=NNC(N)=S)cc1. The smallest absolute Gasteiger partial charge is 0.338 e. The number of benzene rings is 2. The minimum absolute atomic E-state index is 0.109. The molecule has 0 aromatic heterocycles. The van der Waals surface area contributed by atoms with Crippen LogP contribution in [0.3, 0.4) is 0 Å². The van der Waals surface area contributed by atoms with Crippen LogP contribution in [0.2, 0.25) is 0 Å². The molecule has 2 aromatic rings. The lowest BCUT2D eigenvalue weighted by atomic mass is 9.99. The van der Waals surface area contributed by atoms with Crippen molar-refractivity contribution >= 4 is 29.5 Å². The Kier molecular flexibility index (Phi) is 5.82. The Bertz CT molecular complexity index is 727. The minimum Gasteiger partial charge on any atom is -0.462 e. The Morgan fingerprint density at radius 1 is 1.26 bits per heavy atom. The topological polar surface area (TPSA) is 76.7 Å². The zero-order valence-corrected chi connectivity index (χ0v) is 13.5. The van der Waals surface area contributed by atoms with Crippen LogP contribution in [0.25, 0.3) is 11.1 Å². The summed E-state index contributed by atoms with van der Waals surface area (Å²) in [7, 11) is 0. The van der Waals surface area contributed by atoms with Crippen LogP contribution in [0.4, 0.5) is 0 Å². The number of nitrogens with zero attached hydrogens (tertiary/aromatic N) is 1. The molecule has 0 aliphatic carbocycles. The zero-order valence-electron chi connectivity index (χ0n) is 12.7. The van der Waals surface area contributed by atoms with Crippen LogP contribution in [0.5, 0.6) is 0 Å². The average molecular weight is 327 g/mol. The fraction of sp³-hybridized carbons (Fsp3) is 0.118. The van der Waals surface area contributed by atoms with Gasteiger partial charge in [0, 0.05) is 5.56 Å². The van der Waals surface area contributed by atoms with E-state index in [0.717, 1.165) is 16.7 Å². The first-order chi connectivity index (χ1) is 11.1. The van der Waals surface area contributed by atoms with Gasteiger partial charge in [0.25, 0.3) is 0 Å². The van der Waals surface area contributed by atoms with Gasteiger partial charge < -0.3 is 10.5 Å². The average Bonchev–Trinajstić information content (AvgIpc) is 2.55. The molecule has 0 fully saturated rings. The molecular weight excluding hydrogens is 310 g/mol. The summed E-state index contributed by atoms with van der Waals surface area (Å²) in [6.07, 6.45) is 1.65. The van der Waals surface area contributed by atoms with Crippen molar-refractivity contribution in [3.8, 4) is 11.1 Å². The van der Waals surface area contributed by atoms with Crippen LogP contribution in [-0.2, 0) is 4.74 Å². The maximum Gasteiger partial charge on any atom is 0.338 e. The summed E-state index contributed by atoms with van der Waals surface area (Å²) in [6.45, 7) is 2.14. The van der Waals surface area contributed by atoms with Gasteiger partial charge in [0.1, 0.15) is 0 Å². The first kappa shape index (κ1) is 16.6. The number of carbonyl (C=O) groups excluding carboxylic acids is 1. The van der Waals surface area contributed by atoms with E-state index in [9.17, 15) is 4.79 Å². The minimum atomic E-state index is -0.324. The van der Waals surface area contributed by atoms with Crippen LogP contribution in [-0.4, -0.2) is 23.9 Å². The van der Waals surface area contributed by atoms with Gasteiger partial charge in [-0.1, -0.05) is 36.4 Å². The van der Waals surface area contributed by atoms with E-state index in [4.69, 9.17) is 22.7 Å². The second-order valence-corrected chi connectivity index (χ2v) is 5.06. The Morgan fingerprint density at radius 2 is 1.96 bits per heavy atom. The van der Waals surface area contributed by atoms with Gasteiger partial charge in [-0.3, -0.25) is 5.43 Å². The van der Waals surface area contributed by atoms with Crippen molar-refractivity contribution in [2.45, 2.75) is 6.92 Å². The molecule has 0 bridgehead atoms. The van der Waals surface area contributed by atoms with Gasteiger partial charge in [-0.25, -0.2) is 4.79 Å². The molecule has 0 aliphatic rings. The summed E-state index contributed by atoms with van der Waals surface area (Å²) in [5.74, 6) is -0.324. The number of ether oxygens (including phenoxy) is 1. The lowest BCUT2D eigenvalue weighted by molar-refractivity contribution is 0.0526.